The summed E-state index contributed by atoms with van der Waals surface area (Å²) in [5, 5.41) is 10.0. The van der Waals surface area contributed by atoms with Crippen molar-refractivity contribution in [2.75, 3.05) is 13.2 Å². The molecule has 2 atom stereocenters. The standard InChI is InChI=1S/C17H19ClN2O4/c1-10-16(17(22)23)13(11-4-5-14(18)19-8-11)7-15(21)20(10)9-12-3-2-6-24-12/h4-5,8,12-13H,2-3,6-7,9H2,1H3,(H,22,23). The molecule has 6 nitrogen and oxygen atoms in total. The number of nitrogens with zero attached hydrogens (tertiary/aromatic N) is 2. The molecule has 0 spiro atoms. The summed E-state index contributed by atoms with van der Waals surface area (Å²) < 4.78 is 5.58. The van der Waals surface area contributed by atoms with Gasteiger partial charge in [0.15, 0.2) is 0 Å². The van der Waals surface area contributed by atoms with Gasteiger partial charge in [0.25, 0.3) is 0 Å². The van der Waals surface area contributed by atoms with Crippen molar-refractivity contribution in [1.29, 1.82) is 0 Å². The average molecular weight is 351 g/mol. The molecule has 1 N–H and O–H groups in total. The molecule has 2 aliphatic heterocycles. The number of carbonyl (C=O) groups excluding carboxylic acids is 1. The Labute approximate surface area is 145 Å². The van der Waals surface area contributed by atoms with Gasteiger partial charge in [0, 0.05) is 30.8 Å². The summed E-state index contributed by atoms with van der Waals surface area (Å²) in [5.41, 5.74) is 1.40. The molecule has 1 saturated heterocycles. The minimum atomic E-state index is -1.02. The first-order chi connectivity index (χ1) is 11.5. The Morgan fingerprint density at radius 2 is 2.29 bits per heavy atom. The molecule has 1 aromatic rings. The highest BCUT2D eigenvalue weighted by Crippen LogP contribution is 2.37. The van der Waals surface area contributed by atoms with Crippen molar-refractivity contribution in [2.24, 2.45) is 0 Å². The van der Waals surface area contributed by atoms with Gasteiger partial charge < -0.3 is 14.7 Å². The van der Waals surface area contributed by atoms with E-state index < -0.39 is 11.9 Å². The Morgan fingerprint density at radius 1 is 1.50 bits per heavy atom. The molecule has 1 aromatic heterocycles. The van der Waals surface area contributed by atoms with Crippen LogP contribution in [0, 0.1) is 0 Å². The van der Waals surface area contributed by atoms with Crippen LogP contribution in [0.3, 0.4) is 0 Å². The number of rotatable bonds is 4. The highest BCUT2D eigenvalue weighted by Gasteiger charge is 2.37. The number of hydrogen-bond acceptors (Lipinski definition) is 4. The molecule has 0 bridgehead atoms. The number of halogens is 1. The molecule has 2 unspecified atom stereocenters. The number of allylic oxidation sites excluding steroid dienone is 1. The van der Waals surface area contributed by atoms with E-state index in [9.17, 15) is 14.7 Å². The summed E-state index contributed by atoms with van der Waals surface area (Å²) in [6, 6.07) is 3.33. The van der Waals surface area contributed by atoms with E-state index in [2.05, 4.69) is 4.98 Å². The van der Waals surface area contributed by atoms with E-state index >= 15 is 0 Å². The number of aromatic nitrogens is 1. The molecule has 1 amide bonds. The molecule has 0 aromatic carbocycles. The third-order valence-electron chi connectivity index (χ3n) is 4.62. The summed E-state index contributed by atoms with van der Waals surface area (Å²) >= 11 is 5.80. The second-order valence-electron chi connectivity index (χ2n) is 6.11. The molecule has 0 aliphatic carbocycles. The lowest BCUT2D eigenvalue weighted by Crippen LogP contribution is -2.41. The fourth-order valence-corrected chi connectivity index (χ4v) is 3.50. The average Bonchev–Trinajstić information content (AvgIpc) is 3.04. The zero-order valence-corrected chi connectivity index (χ0v) is 14.1. The number of amides is 1. The largest absolute Gasteiger partial charge is 0.478 e. The molecule has 3 heterocycles. The number of carbonyl (C=O) groups is 2. The first-order valence-electron chi connectivity index (χ1n) is 7.95. The zero-order chi connectivity index (χ0) is 17.3. The number of carboxylic acid groups (broad SMARTS) is 1. The first kappa shape index (κ1) is 16.9. The molecular formula is C17H19ClN2O4. The number of carboxylic acids is 1. The van der Waals surface area contributed by atoms with Gasteiger partial charge in [-0.1, -0.05) is 17.7 Å². The van der Waals surface area contributed by atoms with Gasteiger partial charge >= 0.3 is 5.97 Å². The van der Waals surface area contributed by atoms with Gasteiger partial charge in [0.1, 0.15) is 5.15 Å². The fourth-order valence-electron chi connectivity index (χ4n) is 3.38. The molecule has 24 heavy (non-hydrogen) atoms. The van der Waals surface area contributed by atoms with Crippen LogP contribution in [0.4, 0.5) is 0 Å². The molecule has 3 rings (SSSR count). The van der Waals surface area contributed by atoms with E-state index in [1.807, 2.05) is 0 Å². The first-order valence-corrected chi connectivity index (χ1v) is 8.32. The third kappa shape index (κ3) is 3.30. The predicted octanol–water partition coefficient (Wildman–Crippen LogP) is 2.59. The summed E-state index contributed by atoms with van der Waals surface area (Å²) in [4.78, 5) is 30.0. The highest BCUT2D eigenvalue weighted by atomic mass is 35.5. The molecule has 0 saturated carbocycles. The maximum atomic E-state index is 12.6. The molecule has 0 radical (unpaired) electrons. The van der Waals surface area contributed by atoms with E-state index in [-0.39, 0.29) is 24.0 Å². The van der Waals surface area contributed by atoms with Crippen LogP contribution in [0.5, 0.6) is 0 Å². The minimum absolute atomic E-state index is 0.0207. The van der Waals surface area contributed by atoms with Crippen LogP contribution in [0.25, 0.3) is 0 Å². The van der Waals surface area contributed by atoms with E-state index in [0.29, 0.717) is 29.6 Å². The molecule has 7 heteroatoms. The summed E-state index contributed by atoms with van der Waals surface area (Å²) in [6.07, 6.45) is 3.48. The smallest absolute Gasteiger partial charge is 0.333 e. The highest BCUT2D eigenvalue weighted by molar-refractivity contribution is 6.29. The van der Waals surface area contributed by atoms with Gasteiger partial charge in [0.05, 0.1) is 18.2 Å². The quantitative estimate of drug-likeness (QED) is 0.844. The van der Waals surface area contributed by atoms with E-state index in [4.69, 9.17) is 16.3 Å². The lowest BCUT2D eigenvalue weighted by atomic mass is 9.84. The molecule has 1 fully saturated rings. The van der Waals surface area contributed by atoms with Crippen molar-refractivity contribution in [2.45, 2.75) is 38.2 Å². The van der Waals surface area contributed by atoms with Crippen LogP contribution in [-0.4, -0.2) is 46.1 Å². The second-order valence-corrected chi connectivity index (χ2v) is 6.50. The van der Waals surface area contributed by atoms with Crippen molar-refractivity contribution in [1.82, 2.24) is 9.88 Å². The number of hydrogen-bond donors (Lipinski definition) is 1. The fraction of sp³-hybridized carbons (Fsp3) is 0.471. The van der Waals surface area contributed by atoms with Crippen LogP contribution >= 0.6 is 11.6 Å². The third-order valence-corrected chi connectivity index (χ3v) is 4.84. The van der Waals surface area contributed by atoms with Gasteiger partial charge in [-0.2, -0.15) is 0 Å². The lowest BCUT2D eigenvalue weighted by Gasteiger charge is -2.35. The van der Waals surface area contributed by atoms with E-state index in [1.54, 1.807) is 24.0 Å². The van der Waals surface area contributed by atoms with Crippen LogP contribution < -0.4 is 0 Å². The van der Waals surface area contributed by atoms with Crippen LogP contribution in [0.1, 0.15) is 37.7 Å². The topological polar surface area (TPSA) is 79.7 Å². The van der Waals surface area contributed by atoms with Gasteiger partial charge in [-0.05, 0) is 31.4 Å². The maximum Gasteiger partial charge on any atom is 0.333 e. The summed E-state index contributed by atoms with van der Waals surface area (Å²) in [6.45, 7) is 2.79. The maximum absolute atomic E-state index is 12.6. The minimum Gasteiger partial charge on any atom is -0.478 e. The lowest BCUT2D eigenvalue weighted by molar-refractivity contribution is -0.135. The summed E-state index contributed by atoms with van der Waals surface area (Å²) in [5.74, 6) is -1.62. The van der Waals surface area contributed by atoms with Crippen molar-refractivity contribution in [3.63, 3.8) is 0 Å². The number of ether oxygens (including phenoxy) is 1. The van der Waals surface area contributed by atoms with Crippen LogP contribution in [0.15, 0.2) is 29.6 Å². The molecule has 128 valence electrons. The monoisotopic (exact) mass is 350 g/mol. The molecular weight excluding hydrogens is 332 g/mol. The van der Waals surface area contributed by atoms with Crippen molar-refractivity contribution in [3.05, 3.63) is 40.3 Å². The van der Waals surface area contributed by atoms with Crippen LogP contribution in [0.2, 0.25) is 5.15 Å². The van der Waals surface area contributed by atoms with Crippen molar-refractivity contribution < 1.29 is 19.4 Å². The van der Waals surface area contributed by atoms with Gasteiger partial charge in [-0.25, -0.2) is 9.78 Å². The number of aliphatic carboxylic acids is 1. The van der Waals surface area contributed by atoms with Crippen molar-refractivity contribution >= 4 is 23.5 Å². The number of pyridine rings is 1. The Kier molecular flexibility index (Phi) is 4.87. The second kappa shape index (κ2) is 6.91. The van der Waals surface area contributed by atoms with E-state index in [1.165, 1.54) is 6.20 Å². The predicted molar refractivity (Wildman–Crippen MR) is 87.6 cm³/mol. The van der Waals surface area contributed by atoms with Gasteiger partial charge in [0.2, 0.25) is 5.91 Å². The molecule has 2 aliphatic rings. The van der Waals surface area contributed by atoms with Crippen LogP contribution in [-0.2, 0) is 14.3 Å². The SMILES string of the molecule is CC1=C(C(=O)O)C(c2ccc(Cl)nc2)CC(=O)N1CC1CCCO1. The van der Waals surface area contributed by atoms with E-state index in [0.717, 1.165) is 12.8 Å². The normalized spacial score (nSPS) is 24.6. The Morgan fingerprint density at radius 3 is 2.88 bits per heavy atom. The van der Waals surface area contributed by atoms with Gasteiger partial charge in [-0.15, -0.1) is 0 Å². The van der Waals surface area contributed by atoms with Gasteiger partial charge in [-0.3, -0.25) is 4.79 Å². The Bertz CT molecular complexity index is 680. The summed E-state index contributed by atoms with van der Waals surface area (Å²) in [7, 11) is 0. The Hall–Kier alpha value is -1.92. The Balaban J connectivity index is 1.94. The zero-order valence-electron chi connectivity index (χ0n) is 13.4. The van der Waals surface area contributed by atoms with Crippen molar-refractivity contribution in [3.8, 4) is 0 Å².